The lowest BCUT2D eigenvalue weighted by molar-refractivity contribution is 0.871. The first-order chi connectivity index (χ1) is 5.42. The van der Waals surface area contributed by atoms with Gasteiger partial charge < -0.3 is 0 Å². The zero-order valence-electron chi connectivity index (χ0n) is 6.59. The van der Waals surface area contributed by atoms with E-state index in [9.17, 15) is 0 Å². The number of rotatable bonds is 2. The molecule has 2 rings (SSSR count). The minimum Gasteiger partial charge on any atom is -0.0861 e. The average Bonchev–Trinajstić information content (AvgIpc) is 2.85. The van der Waals surface area contributed by atoms with Gasteiger partial charge in [0.2, 0.25) is 0 Å². The van der Waals surface area contributed by atoms with Crippen LogP contribution in [0.4, 0.5) is 0 Å². The summed E-state index contributed by atoms with van der Waals surface area (Å²) in [4.78, 5) is 0. The van der Waals surface area contributed by atoms with E-state index in [0.717, 1.165) is 11.8 Å². The Morgan fingerprint density at radius 3 is 2.91 bits per heavy atom. The highest BCUT2D eigenvalue weighted by Gasteiger charge is 2.37. The fourth-order valence-electron chi connectivity index (χ4n) is 1.74. The minimum atomic E-state index is 0.934. The summed E-state index contributed by atoms with van der Waals surface area (Å²) in [6, 6.07) is 0. The molecule has 0 amide bonds. The molecule has 60 valence electrons. The lowest BCUT2D eigenvalue weighted by atomic mass is 10.0. The maximum absolute atomic E-state index is 2.50. The van der Waals surface area contributed by atoms with Crippen molar-refractivity contribution in [3.63, 3.8) is 0 Å². The van der Waals surface area contributed by atoms with E-state index in [1.807, 2.05) is 0 Å². The van der Waals surface area contributed by atoms with Crippen molar-refractivity contribution in [1.82, 2.24) is 0 Å². The van der Waals surface area contributed by atoms with E-state index in [1.54, 1.807) is 5.57 Å². The topological polar surface area (TPSA) is 0 Å². The van der Waals surface area contributed by atoms with Gasteiger partial charge in [0.05, 0.1) is 0 Å². The van der Waals surface area contributed by atoms with Crippen LogP contribution in [-0.2, 0) is 0 Å². The Labute approximate surface area is 81.9 Å². The zero-order chi connectivity index (χ0) is 7.68. The summed E-state index contributed by atoms with van der Waals surface area (Å²) in [5.74, 6) is 1.94. The Bertz CT molecular complexity index is 203. The first-order valence-corrected chi connectivity index (χ1v) is 5.87. The van der Waals surface area contributed by atoms with Crippen LogP contribution in [0.1, 0.15) is 19.3 Å². The van der Waals surface area contributed by atoms with Gasteiger partial charge in [0.1, 0.15) is 0 Å². The van der Waals surface area contributed by atoms with Crippen molar-refractivity contribution in [1.29, 1.82) is 0 Å². The van der Waals surface area contributed by atoms with Gasteiger partial charge in [-0.05, 0) is 36.7 Å². The molecule has 2 unspecified atom stereocenters. The zero-order valence-corrected chi connectivity index (χ0v) is 8.75. The normalized spacial score (nSPS) is 35.2. The fraction of sp³-hybridized carbons (Fsp3) is 0.600. The number of hydrogen-bond donors (Lipinski definition) is 0. The molecule has 2 aliphatic carbocycles. The fourth-order valence-corrected chi connectivity index (χ4v) is 2.71. The van der Waals surface area contributed by atoms with Gasteiger partial charge in [-0.2, -0.15) is 0 Å². The molecule has 1 saturated carbocycles. The Balaban J connectivity index is 1.96. The number of halogens is 1. The van der Waals surface area contributed by atoms with E-state index in [4.69, 9.17) is 0 Å². The largest absolute Gasteiger partial charge is 0.0861 e. The third kappa shape index (κ3) is 1.68. The molecule has 2 atom stereocenters. The average molecular weight is 260 g/mol. The van der Waals surface area contributed by atoms with E-state index in [2.05, 4.69) is 40.8 Å². The van der Waals surface area contributed by atoms with Gasteiger partial charge in [-0.25, -0.2) is 0 Å². The van der Waals surface area contributed by atoms with Gasteiger partial charge >= 0.3 is 0 Å². The Kier molecular flexibility index (Phi) is 2.35. The van der Waals surface area contributed by atoms with Crippen LogP contribution >= 0.6 is 22.6 Å². The highest BCUT2D eigenvalue weighted by atomic mass is 127. The quantitative estimate of drug-likeness (QED) is 0.527. The second-order valence-corrected chi connectivity index (χ2v) is 4.32. The molecule has 1 heteroatoms. The van der Waals surface area contributed by atoms with Gasteiger partial charge in [0.15, 0.2) is 0 Å². The molecule has 0 aromatic carbocycles. The van der Waals surface area contributed by atoms with Gasteiger partial charge in [-0.3, -0.25) is 0 Å². The van der Waals surface area contributed by atoms with Gasteiger partial charge in [-0.15, -0.1) is 0 Å². The second kappa shape index (κ2) is 3.30. The highest BCUT2D eigenvalue weighted by molar-refractivity contribution is 14.1. The molecule has 0 aromatic rings. The third-order valence-electron chi connectivity index (χ3n) is 2.57. The molecule has 1 fully saturated rings. The standard InChI is InChI=1S/C10H13I/c11-7-9-6-10(9)8-4-2-1-3-5-8/h2,4-5,9-10H,1,3,6-7H2. The number of hydrogen-bond acceptors (Lipinski definition) is 0. The van der Waals surface area contributed by atoms with Crippen LogP contribution in [0.15, 0.2) is 23.8 Å². The van der Waals surface area contributed by atoms with E-state index in [1.165, 1.54) is 23.7 Å². The number of alkyl halides is 1. The lowest BCUT2D eigenvalue weighted by Crippen LogP contribution is -1.90. The molecule has 11 heavy (non-hydrogen) atoms. The Morgan fingerprint density at radius 2 is 2.36 bits per heavy atom. The van der Waals surface area contributed by atoms with Crippen LogP contribution in [-0.4, -0.2) is 4.43 Å². The maximum atomic E-state index is 2.50. The second-order valence-electron chi connectivity index (χ2n) is 3.44. The van der Waals surface area contributed by atoms with Crippen molar-refractivity contribution in [2.75, 3.05) is 4.43 Å². The molecule has 0 bridgehead atoms. The van der Waals surface area contributed by atoms with Crippen molar-refractivity contribution in [3.8, 4) is 0 Å². The summed E-state index contributed by atoms with van der Waals surface area (Å²) in [5, 5.41) is 0. The van der Waals surface area contributed by atoms with E-state index in [0.29, 0.717) is 0 Å². The van der Waals surface area contributed by atoms with Crippen LogP contribution in [0.3, 0.4) is 0 Å². The molecular weight excluding hydrogens is 247 g/mol. The molecule has 2 aliphatic rings. The van der Waals surface area contributed by atoms with Crippen LogP contribution in [0.5, 0.6) is 0 Å². The predicted molar refractivity (Wildman–Crippen MR) is 56.9 cm³/mol. The summed E-state index contributed by atoms with van der Waals surface area (Å²) >= 11 is 2.50. The smallest absolute Gasteiger partial charge is 0.00297 e. The molecule has 0 heterocycles. The van der Waals surface area contributed by atoms with Crippen LogP contribution in [0.2, 0.25) is 0 Å². The van der Waals surface area contributed by atoms with Gasteiger partial charge in [0, 0.05) is 4.43 Å². The van der Waals surface area contributed by atoms with E-state index < -0.39 is 0 Å². The molecule has 0 saturated heterocycles. The maximum Gasteiger partial charge on any atom is 0.00297 e. The molecule has 0 radical (unpaired) electrons. The predicted octanol–water partition coefficient (Wildman–Crippen LogP) is 3.33. The number of allylic oxidation sites excluding steroid dienone is 4. The summed E-state index contributed by atoms with van der Waals surface area (Å²) in [5.41, 5.74) is 1.62. The molecule has 0 N–H and O–H groups in total. The van der Waals surface area contributed by atoms with Crippen molar-refractivity contribution in [3.05, 3.63) is 23.8 Å². The Morgan fingerprint density at radius 1 is 1.45 bits per heavy atom. The molecule has 0 aromatic heterocycles. The van der Waals surface area contributed by atoms with Crippen molar-refractivity contribution in [2.24, 2.45) is 11.8 Å². The van der Waals surface area contributed by atoms with Crippen LogP contribution in [0, 0.1) is 11.8 Å². The van der Waals surface area contributed by atoms with Crippen LogP contribution in [0.25, 0.3) is 0 Å². The molecular formula is C10H13I. The van der Waals surface area contributed by atoms with E-state index in [-0.39, 0.29) is 0 Å². The monoisotopic (exact) mass is 260 g/mol. The van der Waals surface area contributed by atoms with Crippen molar-refractivity contribution >= 4 is 22.6 Å². The Hall–Kier alpha value is 0.210. The summed E-state index contributed by atoms with van der Waals surface area (Å²) in [6.45, 7) is 0. The van der Waals surface area contributed by atoms with Crippen molar-refractivity contribution in [2.45, 2.75) is 19.3 Å². The van der Waals surface area contributed by atoms with E-state index >= 15 is 0 Å². The molecule has 0 spiro atoms. The van der Waals surface area contributed by atoms with Crippen LogP contribution < -0.4 is 0 Å². The van der Waals surface area contributed by atoms with Crippen molar-refractivity contribution < 1.29 is 0 Å². The first kappa shape index (κ1) is 7.84. The van der Waals surface area contributed by atoms with Gasteiger partial charge in [-0.1, -0.05) is 40.8 Å². The SMILES string of the molecule is ICC1CC1C1=CCCC=C1. The highest BCUT2D eigenvalue weighted by Crippen LogP contribution is 2.46. The summed E-state index contributed by atoms with van der Waals surface area (Å²) in [7, 11) is 0. The first-order valence-electron chi connectivity index (χ1n) is 4.34. The molecule has 0 aliphatic heterocycles. The third-order valence-corrected chi connectivity index (χ3v) is 3.70. The van der Waals surface area contributed by atoms with Gasteiger partial charge in [0.25, 0.3) is 0 Å². The molecule has 0 nitrogen and oxygen atoms in total. The lowest BCUT2D eigenvalue weighted by Gasteiger charge is -2.04. The minimum absolute atomic E-state index is 0.934. The summed E-state index contributed by atoms with van der Waals surface area (Å²) in [6.07, 6.45) is 11.1. The summed E-state index contributed by atoms with van der Waals surface area (Å²) < 4.78 is 1.34.